The van der Waals surface area contributed by atoms with Gasteiger partial charge >= 0.3 is 0 Å². The van der Waals surface area contributed by atoms with Crippen molar-refractivity contribution in [1.82, 2.24) is 4.90 Å². The van der Waals surface area contributed by atoms with Crippen molar-refractivity contribution in [3.8, 4) is 0 Å². The first-order valence-electron chi connectivity index (χ1n) is 8.20. The van der Waals surface area contributed by atoms with Gasteiger partial charge in [0.15, 0.2) is 0 Å². The van der Waals surface area contributed by atoms with Crippen LogP contribution < -0.4 is 0 Å². The topological polar surface area (TPSA) is 29.5 Å². The molecule has 1 saturated carbocycles. The number of benzene rings is 1. The van der Waals surface area contributed by atoms with Crippen molar-refractivity contribution in [3.05, 3.63) is 35.9 Å². The molecule has 2 atom stereocenters. The lowest BCUT2D eigenvalue weighted by atomic mass is 9.84. The lowest BCUT2D eigenvalue weighted by Crippen LogP contribution is -2.53. The standard InChI is InChI=1S/C18H25NO2/c1-14-13-21-17(11-10-15-6-3-2-4-7-15)12-19(14)18(20)16-8-5-9-16/h2-4,6-7,14,16-17H,5,8-13H2,1H3. The number of hydrogen-bond acceptors (Lipinski definition) is 2. The molecule has 1 aromatic carbocycles. The zero-order chi connectivity index (χ0) is 14.7. The lowest BCUT2D eigenvalue weighted by Gasteiger charge is -2.41. The first kappa shape index (κ1) is 14.6. The van der Waals surface area contributed by atoms with Crippen LogP contribution in [0.3, 0.4) is 0 Å². The van der Waals surface area contributed by atoms with Gasteiger partial charge in [-0.05, 0) is 38.2 Å². The smallest absolute Gasteiger partial charge is 0.226 e. The highest BCUT2D eigenvalue weighted by atomic mass is 16.5. The van der Waals surface area contributed by atoms with Crippen LogP contribution in [-0.2, 0) is 16.0 Å². The van der Waals surface area contributed by atoms with Gasteiger partial charge in [-0.15, -0.1) is 0 Å². The van der Waals surface area contributed by atoms with E-state index in [2.05, 4.69) is 36.1 Å². The normalized spacial score (nSPS) is 26.4. The number of amides is 1. The van der Waals surface area contributed by atoms with E-state index in [0.29, 0.717) is 18.4 Å². The van der Waals surface area contributed by atoms with Gasteiger partial charge in [-0.2, -0.15) is 0 Å². The number of carbonyl (C=O) groups is 1. The lowest BCUT2D eigenvalue weighted by molar-refractivity contribution is -0.151. The Labute approximate surface area is 127 Å². The maximum Gasteiger partial charge on any atom is 0.226 e. The summed E-state index contributed by atoms with van der Waals surface area (Å²) < 4.78 is 5.93. The molecule has 0 N–H and O–H groups in total. The maximum absolute atomic E-state index is 12.5. The van der Waals surface area contributed by atoms with Gasteiger partial charge in [0.05, 0.1) is 18.8 Å². The fraction of sp³-hybridized carbons (Fsp3) is 0.611. The molecule has 3 nitrogen and oxygen atoms in total. The molecule has 1 aromatic rings. The third kappa shape index (κ3) is 3.46. The molecule has 0 bridgehead atoms. The summed E-state index contributed by atoms with van der Waals surface area (Å²) in [5.74, 6) is 0.655. The molecule has 0 aromatic heterocycles. The average Bonchev–Trinajstić information content (AvgIpc) is 2.45. The maximum atomic E-state index is 12.5. The molecule has 1 amide bonds. The Bertz CT molecular complexity index is 469. The Morgan fingerprint density at radius 1 is 1.29 bits per heavy atom. The van der Waals surface area contributed by atoms with E-state index in [0.717, 1.165) is 32.2 Å². The van der Waals surface area contributed by atoms with Crippen LogP contribution in [0.15, 0.2) is 30.3 Å². The Hall–Kier alpha value is -1.35. The van der Waals surface area contributed by atoms with Crippen LogP contribution in [0.4, 0.5) is 0 Å². The highest BCUT2D eigenvalue weighted by Gasteiger charge is 2.35. The van der Waals surface area contributed by atoms with E-state index in [1.165, 1.54) is 12.0 Å². The zero-order valence-corrected chi connectivity index (χ0v) is 12.8. The summed E-state index contributed by atoms with van der Waals surface area (Å²) in [5, 5.41) is 0. The molecule has 2 unspecified atom stereocenters. The Morgan fingerprint density at radius 3 is 2.71 bits per heavy atom. The van der Waals surface area contributed by atoms with Crippen molar-refractivity contribution in [2.45, 2.75) is 51.2 Å². The minimum Gasteiger partial charge on any atom is -0.374 e. The van der Waals surface area contributed by atoms with Crippen molar-refractivity contribution >= 4 is 5.91 Å². The van der Waals surface area contributed by atoms with Crippen LogP contribution in [0.1, 0.15) is 38.2 Å². The first-order valence-corrected chi connectivity index (χ1v) is 8.20. The molecule has 1 heterocycles. The second-order valence-electron chi connectivity index (χ2n) is 6.45. The van der Waals surface area contributed by atoms with Crippen LogP contribution in [0.5, 0.6) is 0 Å². The Morgan fingerprint density at radius 2 is 2.05 bits per heavy atom. The SMILES string of the molecule is CC1COC(CCc2ccccc2)CN1C(=O)C1CCC1. The number of hydrogen-bond donors (Lipinski definition) is 0. The summed E-state index contributed by atoms with van der Waals surface area (Å²) in [4.78, 5) is 14.6. The van der Waals surface area contributed by atoms with E-state index < -0.39 is 0 Å². The molecule has 2 fully saturated rings. The van der Waals surface area contributed by atoms with E-state index in [-0.39, 0.29) is 12.1 Å². The van der Waals surface area contributed by atoms with Crippen LogP contribution in [-0.4, -0.2) is 36.1 Å². The summed E-state index contributed by atoms with van der Waals surface area (Å²) in [7, 11) is 0. The van der Waals surface area contributed by atoms with E-state index in [1.807, 2.05) is 6.07 Å². The number of carbonyl (C=O) groups excluding carboxylic acids is 1. The monoisotopic (exact) mass is 287 g/mol. The molecule has 3 rings (SSSR count). The van der Waals surface area contributed by atoms with Gasteiger partial charge in [-0.1, -0.05) is 36.8 Å². The van der Waals surface area contributed by atoms with Gasteiger partial charge in [0.25, 0.3) is 0 Å². The van der Waals surface area contributed by atoms with E-state index in [1.54, 1.807) is 0 Å². The minimum atomic E-state index is 0.186. The third-order valence-electron chi connectivity index (χ3n) is 4.84. The van der Waals surface area contributed by atoms with Crippen molar-refractivity contribution in [3.63, 3.8) is 0 Å². The summed E-state index contributed by atoms with van der Waals surface area (Å²) in [6.07, 6.45) is 5.57. The highest BCUT2D eigenvalue weighted by molar-refractivity contribution is 5.80. The second kappa shape index (κ2) is 6.61. The van der Waals surface area contributed by atoms with Crippen molar-refractivity contribution in [2.24, 2.45) is 5.92 Å². The predicted octanol–water partition coefficient (Wildman–Crippen LogP) is 3.04. The van der Waals surface area contributed by atoms with E-state index in [4.69, 9.17) is 4.74 Å². The van der Waals surface area contributed by atoms with Crippen molar-refractivity contribution in [2.75, 3.05) is 13.2 Å². The fourth-order valence-electron chi connectivity index (χ4n) is 3.16. The summed E-state index contributed by atoms with van der Waals surface area (Å²) in [5.41, 5.74) is 1.34. The van der Waals surface area contributed by atoms with Crippen LogP contribution in [0.2, 0.25) is 0 Å². The zero-order valence-electron chi connectivity index (χ0n) is 12.8. The largest absolute Gasteiger partial charge is 0.374 e. The van der Waals surface area contributed by atoms with Gasteiger partial charge in [0.2, 0.25) is 5.91 Å². The number of nitrogens with zero attached hydrogens (tertiary/aromatic N) is 1. The second-order valence-corrected chi connectivity index (χ2v) is 6.45. The highest BCUT2D eigenvalue weighted by Crippen LogP contribution is 2.30. The molecule has 114 valence electrons. The van der Waals surface area contributed by atoms with Crippen LogP contribution >= 0.6 is 0 Å². The first-order chi connectivity index (χ1) is 10.2. The number of aryl methyl sites for hydroxylation is 1. The van der Waals surface area contributed by atoms with Crippen LogP contribution in [0.25, 0.3) is 0 Å². The molecule has 0 spiro atoms. The molecule has 0 radical (unpaired) electrons. The van der Waals surface area contributed by atoms with Gasteiger partial charge in [0, 0.05) is 12.5 Å². The van der Waals surface area contributed by atoms with Gasteiger partial charge in [-0.25, -0.2) is 0 Å². The summed E-state index contributed by atoms with van der Waals surface area (Å²) in [6.45, 7) is 3.55. The molecular formula is C18H25NO2. The minimum absolute atomic E-state index is 0.186. The molecular weight excluding hydrogens is 262 g/mol. The van der Waals surface area contributed by atoms with Crippen molar-refractivity contribution < 1.29 is 9.53 Å². The van der Waals surface area contributed by atoms with Gasteiger partial charge < -0.3 is 9.64 Å². The van der Waals surface area contributed by atoms with Crippen molar-refractivity contribution in [1.29, 1.82) is 0 Å². The summed E-state index contributed by atoms with van der Waals surface area (Å²) >= 11 is 0. The number of ether oxygens (including phenoxy) is 1. The van der Waals surface area contributed by atoms with E-state index in [9.17, 15) is 4.79 Å². The van der Waals surface area contributed by atoms with Gasteiger partial charge in [0.1, 0.15) is 0 Å². The fourth-order valence-corrected chi connectivity index (χ4v) is 3.16. The predicted molar refractivity (Wildman–Crippen MR) is 83.0 cm³/mol. The molecule has 21 heavy (non-hydrogen) atoms. The third-order valence-corrected chi connectivity index (χ3v) is 4.84. The Kier molecular flexibility index (Phi) is 4.59. The number of rotatable bonds is 4. The number of morpholine rings is 1. The molecule has 3 heteroatoms. The van der Waals surface area contributed by atoms with Crippen LogP contribution in [0, 0.1) is 5.92 Å². The van der Waals surface area contributed by atoms with Gasteiger partial charge in [-0.3, -0.25) is 4.79 Å². The molecule has 2 aliphatic rings. The molecule has 1 saturated heterocycles. The molecule has 1 aliphatic carbocycles. The Balaban J connectivity index is 1.54. The summed E-state index contributed by atoms with van der Waals surface area (Å²) in [6, 6.07) is 10.7. The average molecular weight is 287 g/mol. The van der Waals surface area contributed by atoms with E-state index >= 15 is 0 Å². The quantitative estimate of drug-likeness (QED) is 0.852. The molecule has 1 aliphatic heterocycles.